The molecule has 1 fully saturated rings. The van der Waals surface area contributed by atoms with Gasteiger partial charge in [-0.25, -0.2) is 13.8 Å². The molecule has 3 aromatic rings. The van der Waals surface area contributed by atoms with Crippen LogP contribution in [0.3, 0.4) is 0 Å². The summed E-state index contributed by atoms with van der Waals surface area (Å²) in [4.78, 5) is 18.3. The van der Waals surface area contributed by atoms with Crippen molar-refractivity contribution < 1.29 is 24.1 Å². The number of aromatic nitrogens is 2. The van der Waals surface area contributed by atoms with E-state index in [1.54, 1.807) is 18.2 Å². The highest BCUT2D eigenvalue weighted by atomic mass is 19.1. The fourth-order valence-corrected chi connectivity index (χ4v) is 5.03. The number of hydrogen-bond donors (Lipinski definition) is 3. The molecule has 1 aliphatic rings. The number of nitroso groups, excluding NO2 is 1. The van der Waals surface area contributed by atoms with Crippen LogP contribution in [0.4, 0.5) is 8.78 Å². The van der Waals surface area contributed by atoms with Gasteiger partial charge in [-0.3, -0.25) is 4.90 Å². The van der Waals surface area contributed by atoms with Gasteiger partial charge in [0.1, 0.15) is 17.5 Å². The highest BCUT2D eigenvalue weighted by Crippen LogP contribution is 2.45. The predicted octanol–water partition coefficient (Wildman–Crippen LogP) is 4.88. The van der Waals surface area contributed by atoms with Crippen molar-refractivity contribution in [3.05, 3.63) is 82.0 Å². The van der Waals surface area contributed by atoms with Gasteiger partial charge in [0.05, 0.1) is 23.9 Å². The lowest BCUT2D eigenvalue weighted by Crippen LogP contribution is -2.24. The summed E-state index contributed by atoms with van der Waals surface area (Å²) in [7, 11) is 1.97. The van der Waals surface area contributed by atoms with Crippen molar-refractivity contribution in [2.24, 2.45) is 5.18 Å². The molecule has 1 aliphatic carbocycles. The van der Waals surface area contributed by atoms with Crippen LogP contribution in [-0.4, -0.2) is 55.3 Å². The molecule has 1 aromatic heterocycles. The normalized spacial score (nSPS) is 16.0. The zero-order chi connectivity index (χ0) is 28.1. The molecule has 210 valence electrons. The maximum atomic E-state index is 13.8. The first-order chi connectivity index (χ1) is 18.7. The molecule has 2 aromatic carbocycles. The number of halogens is 2. The van der Waals surface area contributed by atoms with Crippen LogP contribution in [0.2, 0.25) is 0 Å². The molecule has 8 nitrogen and oxygen atoms in total. The number of rotatable bonds is 14. The van der Waals surface area contributed by atoms with Gasteiger partial charge in [0.2, 0.25) is 0 Å². The lowest BCUT2D eigenvalue weighted by atomic mass is 10.0. The number of imidazole rings is 1. The lowest BCUT2D eigenvalue weighted by molar-refractivity contribution is -0.0516. The van der Waals surface area contributed by atoms with Gasteiger partial charge < -0.3 is 19.9 Å². The molecule has 10 heteroatoms. The fourth-order valence-electron chi connectivity index (χ4n) is 5.03. The average Bonchev–Trinajstić information content (AvgIpc) is 3.66. The molecule has 4 rings (SSSR count). The topological polar surface area (TPSA) is 111 Å². The van der Waals surface area contributed by atoms with Gasteiger partial charge >= 0.3 is 0 Å². The number of aliphatic hydroxyl groups is 3. The number of aliphatic hydroxyl groups excluding tert-OH is 2. The van der Waals surface area contributed by atoms with Crippen molar-refractivity contribution in [3.8, 4) is 11.4 Å². The molecule has 3 atom stereocenters. The third-order valence-electron chi connectivity index (χ3n) is 7.34. The van der Waals surface area contributed by atoms with Crippen LogP contribution in [0, 0.1) is 16.5 Å². The first-order valence-electron chi connectivity index (χ1n) is 13.3. The van der Waals surface area contributed by atoms with Crippen molar-refractivity contribution in [2.75, 3.05) is 7.05 Å². The quantitative estimate of drug-likeness (QED) is 0.198. The van der Waals surface area contributed by atoms with Crippen LogP contribution in [-0.2, 0) is 13.1 Å². The van der Waals surface area contributed by atoms with E-state index in [-0.39, 0.29) is 30.5 Å². The number of hydrogen-bond acceptors (Lipinski definition) is 7. The first-order valence-corrected chi connectivity index (χ1v) is 13.3. The van der Waals surface area contributed by atoms with Crippen LogP contribution in [0.15, 0.2) is 53.7 Å². The smallest absolute Gasteiger partial charge is 0.153 e. The summed E-state index contributed by atoms with van der Waals surface area (Å²) >= 11 is 0. The molecular formula is C29H36F2N4O4. The first kappa shape index (κ1) is 28.9. The second-order valence-corrected chi connectivity index (χ2v) is 10.5. The van der Waals surface area contributed by atoms with Gasteiger partial charge in [-0.2, -0.15) is 4.91 Å². The highest BCUT2D eigenvalue weighted by Gasteiger charge is 2.35. The van der Waals surface area contributed by atoms with E-state index < -0.39 is 18.4 Å². The summed E-state index contributed by atoms with van der Waals surface area (Å²) < 4.78 is 29.6. The third-order valence-corrected chi connectivity index (χ3v) is 7.34. The Morgan fingerprint density at radius 2 is 1.79 bits per heavy atom. The molecule has 0 saturated heterocycles. The Labute approximate surface area is 226 Å². The Bertz CT molecular complexity index is 1250. The Morgan fingerprint density at radius 1 is 1.08 bits per heavy atom. The Hall–Kier alpha value is -3.05. The summed E-state index contributed by atoms with van der Waals surface area (Å²) in [5.74, 6) is 0.337. The minimum Gasteiger partial charge on any atom is -0.393 e. The molecule has 0 spiro atoms. The lowest BCUT2D eigenvalue weighted by Gasteiger charge is -2.25. The summed E-state index contributed by atoms with van der Waals surface area (Å²) in [6.45, 7) is 2.99. The minimum atomic E-state index is -1.67. The van der Waals surface area contributed by atoms with Crippen molar-refractivity contribution in [2.45, 2.75) is 82.5 Å². The molecule has 1 saturated carbocycles. The van der Waals surface area contributed by atoms with Crippen LogP contribution >= 0.6 is 0 Å². The molecule has 0 radical (unpaired) electrons. The van der Waals surface area contributed by atoms with Gasteiger partial charge in [0.15, 0.2) is 6.29 Å². The van der Waals surface area contributed by atoms with Crippen LogP contribution in [0.5, 0.6) is 0 Å². The van der Waals surface area contributed by atoms with E-state index in [0.29, 0.717) is 31.3 Å². The van der Waals surface area contributed by atoms with Gasteiger partial charge in [-0.15, -0.1) is 0 Å². The van der Waals surface area contributed by atoms with E-state index in [9.17, 15) is 29.0 Å². The van der Waals surface area contributed by atoms with Crippen molar-refractivity contribution >= 4 is 0 Å². The molecule has 39 heavy (non-hydrogen) atoms. The maximum absolute atomic E-state index is 13.8. The highest BCUT2D eigenvalue weighted by molar-refractivity contribution is 5.58. The Morgan fingerprint density at radius 3 is 2.41 bits per heavy atom. The molecule has 0 aliphatic heterocycles. The summed E-state index contributed by atoms with van der Waals surface area (Å²) in [5, 5.41) is 32.0. The molecule has 3 N–H and O–H groups in total. The van der Waals surface area contributed by atoms with Gasteiger partial charge in [-0.05, 0) is 81.6 Å². The van der Waals surface area contributed by atoms with E-state index in [1.165, 1.54) is 24.3 Å². The van der Waals surface area contributed by atoms with Crippen LogP contribution < -0.4 is 0 Å². The monoisotopic (exact) mass is 542 g/mol. The second-order valence-electron chi connectivity index (χ2n) is 10.5. The zero-order valence-corrected chi connectivity index (χ0v) is 22.2. The molecule has 2 unspecified atom stereocenters. The van der Waals surface area contributed by atoms with Crippen molar-refractivity contribution in [1.82, 2.24) is 14.5 Å². The van der Waals surface area contributed by atoms with Crippen molar-refractivity contribution in [1.29, 1.82) is 0 Å². The molecule has 1 heterocycles. The van der Waals surface area contributed by atoms with E-state index in [1.807, 2.05) is 13.1 Å². The van der Waals surface area contributed by atoms with Gasteiger partial charge in [0, 0.05) is 36.7 Å². The zero-order valence-electron chi connectivity index (χ0n) is 22.2. The Kier molecular flexibility index (Phi) is 9.55. The molecule has 0 amide bonds. The predicted molar refractivity (Wildman–Crippen MR) is 144 cm³/mol. The molecule has 0 bridgehead atoms. The summed E-state index contributed by atoms with van der Waals surface area (Å²) in [6.07, 6.45) is -0.470. The number of nitrogens with zero attached hydrogens (tertiary/aromatic N) is 4. The van der Waals surface area contributed by atoms with E-state index in [0.717, 1.165) is 35.4 Å². The van der Waals surface area contributed by atoms with E-state index in [4.69, 9.17) is 4.98 Å². The standard InChI is InChI=1S/C29H36F2N4O4/c1-18(34(2)17-19-4-3-5-23(31)14-19)27-28(20-6-7-20)35(29(32-27)21-8-10-22(30)11-9-21)13-12-25(36)15-24(33-39)16-26(37)38/h3-5,8-11,14,18,20,24-26,36-38H,6-7,12-13,15-17H2,1-2H3/t18?,24-,25?/m1/s1. The molecular weight excluding hydrogens is 506 g/mol. The van der Waals surface area contributed by atoms with E-state index >= 15 is 0 Å². The average molecular weight is 543 g/mol. The SMILES string of the molecule is CC(c1nc(-c2ccc(F)cc2)n(CCC(O)C[C@H](CC(O)O)N=O)c1C1CC1)N(C)Cc1cccc(F)c1. The van der Waals surface area contributed by atoms with Crippen LogP contribution in [0.25, 0.3) is 11.4 Å². The van der Waals surface area contributed by atoms with Crippen LogP contribution in [0.1, 0.15) is 67.9 Å². The van der Waals surface area contributed by atoms with Gasteiger partial charge in [-0.1, -0.05) is 17.3 Å². The fraction of sp³-hybridized carbons (Fsp3) is 0.483. The summed E-state index contributed by atoms with van der Waals surface area (Å²) in [6, 6.07) is 11.6. The van der Waals surface area contributed by atoms with Crippen molar-refractivity contribution in [3.63, 3.8) is 0 Å². The van der Waals surface area contributed by atoms with E-state index in [2.05, 4.69) is 21.6 Å². The largest absolute Gasteiger partial charge is 0.393 e. The summed E-state index contributed by atoms with van der Waals surface area (Å²) in [5.41, 5.74) is 3.55. The van der Waals surface area contributed by atoms with Gasteiger partial charge in [0.25, 0.3) is 0 Å². The third kappa shape index (κ3) is 7.54. The Balaban J connectivity index is 1.63. The minimum absolute atomic E-state index is 0.0140. The maximum Gasteiger partial charge on any atom is 0.153 e. The number of benzene rings is 2. The second kappa shape index (κ2) is 12.9.